The van der Waals surface area contributed by atoms with Crippen LogP contribution in [0.3, 0.4) is 0 Å². The molecule has 0 aliphatic carbocycles. The molecule has 0 spiro atoms. The fourth-order valence-corrected chi connectivity index (χ4v) is 1.28. The SMILES string of the molecule is c1cnc2nc3n[nH]nc3cc2c1. The highest BCUT2D eigenvalue weighted by molar-refractivity contribution is 5.86. The van der Waals surface area contributed by atoms with Crippen molar-refractivity contribution in [2.75, 3.05) is 0 Å². The van der Waals surface area contributed by atoms with Crippen LogP contribution in [0.1, 0.15) is 0 Å². The van der Waals surface area contributed by atoms with Gasteiger partial charge in [-0.3, -0.25) is 0 Å². The number of nitrogens with zero attached hydrogens (tertiary/aromatic N) is 4. The third-order valence-corrected chi connectivity index (χ3v) is 1.88. The first-order valence-electron chi connectivity index (χ1n) is 3.86. The van der Waals surface area contributed by atoms with Gasteiger partial charge >= 0.3 is 0 Å². The molecule has 0 fully saturated rings. The molecule has 3 rings (SSSR count). The zero-order chi connectivity index (χ0) is 8.67. The molecule has 13 heavy (non-hydrogen) atoms. The summed E-state index contributed by atoms with van der Waals surface area (Å²) in [6.07, 6.45) is 1.71. The first-order chi connectivity index (χ1) is 6.43. The lowest BCUT2D eigenvalue weighted by molar-refractivity contribution is 0.955. The molecule has 0 bridgehead atoms. The van der Waals surface area contributed by atoms with E-state index in [1.807, 2.05) is 18.2 Å². The van der Waals surface area contributed by atoms with Crippen molar-refractivity contribution >= 4 is 22.2 Å². The van der Waals surface area contributed by atoms with E-state index in [0.29, 0.717) is 11.3 Å². The minimum absolute atomic E-state index is 0.603. The Hall–Kier alpha value is -2.04. The molecule has 0 saturated heterocycles. The van der Waals surface area contributed by atoms with Crippen LogP contribution in [0.15, 0.2) is 24.4 Å². The van der Waals surface area contributed by atoms with E-state index in [2.05, 4.69) is 25.4 Å². The van der Waals surface area contributed by atoms with Crippen LogP contribution in [-0.4, -0.2) is 25.4 Å². The Labute approximate surface area is 72.8 Å². The van der Waals surface area contributed by atoms with E-state index in [1.54, 1.807) is 6.20 Å². The summed E-state index contributed by atoms with van der Waals surface area (Å²) in [5.74, 6) is 0. The van der Waals surface area contributed by atoms with Crippen molar-refractivity contribution < 1.29 is 0 Å². The van der Waals surface area contributed by atoms with Crippen molar-refractivity contribution in [3.05, 3.63) is 24.4 Å². The molecule has 0 aliphatic heterocycles. The normalized spacial score (nSPS) is 11.1. The number of hydrogen-bond donors (Lipinski definition) is 1. The summed E-state index contributed by atoms with van der Waals surface area (Å²) in [6, 6.07) is 5.73. The first kappa shape index (κ1) is 6.47. The Morgan fingerprint density at radius 2 is 2.15 bits per heavy atom. The van der Waals surface area contributed by atoms with Crippen molar-refractivity contribution in [3.63, 3.8) is 0 Å². The molecule has 62 valence electrons. The quantitative estimate of drug-likeness (QED) is 0.545. The molecule has 3 heterocycles. The summed E-state index contributed by atoms with van der Waals surface area (Å²) in [6.45, 7) is 0. The van der Waals surface area contributed by atoms with Gasteiger partial charge in [0.25, 0.3) is 0 Å². The Kier molecular flexibility index (Phi) is 1.11. The number of fused-ring (bicyclic) bond motifs is 2. The van der Waals surface area contributed by atoms with Crippen molar-refractivity contribution in [2.24, 2.45) is 0 Å². The Morgan fingerprint density at radius 1 is 1.15 bits per heavy atom. The van der Waals surface area contributed by atoms with Gasteiger partial charge in [0.2, 0.25) is 5.65 Å². The van der Waals surface area contributed by atoms with Crippen LogP contribution in [0.2, 0.25) is 0 Å². The molecule has 0 aliphatic rings. The lowest BCUT2D eigenvalue weighted by Crippen LogP contribution is -1.83. The molecule has 0 saturated carbocycles. The summed E-state index contributed by atoms with van der Waals surface area (Å²) in [5.41, 5.74) is 2.07. The van der Waals surface area contributed by atoms with Crippen LogP contribution in [0, 0.1) is 0 Å². The van der Waals surface area contributed by atoms with Crippen LogP contribution >= 0.6 is 0 Å². The predicted octanol–water partition coefficient (Wildman–Crippen LogP) is 0.901. The highest BCUT2D eigenvalue weighted by atomic mass is 15.3. The Morgan fingerprint density at radius 3 is 3.15 bits per heavy atom. The summed E-state index contributed by atoms with van der Waals surface area (Å²) in [4.78, 5) is 8.34. The molecule has 0 aromatic carbocycles. The molecule has 0 amide bonds. The maximum absolute atomic E-state index is 4.22. The Balaban J connectivity index is 2.57. The second-order valence-electron chi connectivity index (χ2n) is 2.70. The van der Waals surface area contributed by atoms with E-state index in [9.17, 15) is 0 Å². The van der Waals surface area contributed by atoms with E-state index in [0.717, 1.165) is 10.9 Å². The largest absolute Gasteiger partial charge is 0.237 e. The molecular formula is C8H5N5. The molecule has 0 radical (unpaired) electrons. The van der Waals surface area contributed by atoms with E-state index in [4.69, 9.17) is 0 Å². The van der Waals surface area contributed by atoms with Gasteiger partial charge in [-0.2, -0.15) is 10.3 Å². The molecule has 5 heteroatoms. The minimum atomic E-state index is 0.603. The van der Waals surface area contributed by atoms with Crippen LogP contribution in [0.5, 0.6) is 0 Å². The van der Waals surface area contributed by atoms with Gasteiger partial charge in [-0.15, -0.1) is 5.10 Å². The second kappa shape index (κ2) is 2.22. The predicted molar refractivity (Wildman–Crippen MR) is 47.0 cm³/mol. The third kappa shape index (κ3) is 0.868. The number of rotatable bonds is 0. The second-order valence-corrected chi connectivity index (χ2v) is 2.70. The molecule has 0 unspecified atom stereocenters. The maximum atomic E-state index is 4.22. The van der Waals surface area contributed by atoms with Gasteiger partial charge in [-0.05, 0) is 18.2 Å². The lowest BCUT2D eigenvalue weighted by atomic mass is 10.3. The van der Waals surface area contributed by atoms with Crippen molar-refractivity contribution in [1.29, 1.82) is 0 Å². The van der Waals surface area contributed by atoms with Crippen molar-refractivity contribution in [1.82, 2.24) is 25.4 Å². The number of hydrogen-bond acceptors (Lipinski definition) is 4. The minimum Gasteiger partial charge on any atom is -0.237 e. The Bertz CT molecular complexity index is 521. The maximum Gasteiger partial charge on any atom is 0.203 e. The monoisotopic (exact) mass is 171 g/mol. The topological polar surface area (TPSA) is 67.3 Å². The number of aromatic nitrogens is 5. The standard InChI is InChI=1S/C8H5N5/c1-2-5-4-6-8(12-13-11-6)10-7(5)9-3-1/h1-4H,(H,9,10,11,12,13). The summed E-state index contributed by atoms with van der Waals surface area (Å²) in [7, 11) is 0. The first-order valence-corrected chi connectivity index (χ1v) is 3.86. The number of nitrogens with one attached hydrogen (secondary N) is 1. The van der Waals surface area contributed by atoms with E-state index in [1.165, 1.54) is 0 Å². The van der Waals surface area contributed by atoms with E-state index < -0.39 is 0 Å². The highest BCUT2D eigenvalue weighted by Gasteiger charge is 2.01. The number of aromatic amines is 1. The number of H-pyrrole nitrogens is 1. The molecule has 3 aromatic rings. The highest BCUT2D eigenvalue weighted by Crippen LogP contribution is 2.13. The van der Waals surface area contributed by atoms with Gasteiger partial charge in [0, 0.05) is 11.6 Å². The molecule has 1 N–H and O–H groups in total. The fraction of sp³-hybridized carbons (Fsp3) is 0. The molecular weight excluding hydrogens is 166 g/mol. The van der Waals surface area contributed by atoms with Gasteiger partial charge in [0.05, 0.1) is 0 Å². The van der Waals surface area contributed by atoms with Crippen LogP contribution < -0.4 is 0 Å². The smallest absolute Gasteiger partial charge is 0.203 e. The van der Waals surface area contributed by atoms with Gasteiger partial charge < -0.3 is 0 Å². The van der Waals surface area contributed by atoms with Gasteiger partial charge in [-0.25, -0.2) is 9.97 Å². The fourth-order valence-electron chi connectivity index (χ4n) is 1.28. The summed E-state index contributed by atoms with van der Waals surface area (Å²) < 4.78 is 0. The van der Waals surface area contributed by atoms with Gasteiger partial charge in [0.15, 0.2) is 5.65 Å². The molecule has 5 nitrogen and oxygen atoms in total. The van der Waals surface area contributed by atoms with E-state index in [-0.39, 0.29) is 0 Å². The summed E-state index contributed by atoms with van der Waals surface area (Å²) in [5, 5.41) is 11.3. The zero-order valence-electron chi connectivity index (χ0n) is 6.60. The van der Waals surface area contributed by atoms with Crippen LogP contribution in [-0.2, 0) is 0 Å². The van der Waals surface area contributed by atoms with Gasteiger partial charge in [-0.1, -0.05) is 0 Å². The zero-order valence-corrected chi connectivity index (χ0v) is 6.60. The molecule has 0 atom stereocenters. The average Bonchev–Trinajstić information content (AvgIpc) is 2.61. The van der Waals surface area contributed by atoms with Crippen LogP contribution in [0.4, 0.5) is 0 Å². The van der Waals surface area contributed by atoms with Crippen molar-refractivity contribution in [2.45, 2.75) is 0 Å². The van der Waals surface area contributed by atoms with Crippen molar-refractivity contribution in [3.8, 4) is 0 Å². The summed E-state index contributed by atoms with van der Waals surface area (Å²) >= 11 is 0. The van der Waals surface area contributed by atoms with Gasteiger partial charge in [0.1, 0.15) is 5.52 Å². The average molecular weight is 171 g/mol. The third-order valence-electron chi connectivity index (χ3n) is 1.88. The number of pyridine rings is 2. The lowest BCUT2D eigenvalue weighted by Gasteiger charge is -1.92. The van der Waals surface area contributed by atoms with E-state index >= 15 is 0 Å². The molecule has 3 aromatic heterocycles. The van der Waals surface area contributed by atoms with Crippen LogP contribution in [0.25, 0.3) is 22.2 Å².